The second-order valence-corrected chi connectivity index (χ2v) is 6.19. The van der Waals surface area contributed by atoms with Crippen molar-refractivity contribution in [3.63, 3.8) is 0 Å². The van der Waals surface area contributed by atoms with E-state index in [-0.39, 0.29) is 17.8 Å². The summed E-state index contributed by atoms with van der Waals surface area (Å²) in [5.74, 6) is 0.353. The van der Waals surface area contributed by atoms with Gasteiger partial charge in [-0.15, -0.1) is 0 Å². The van der Waals surface area contributed by atoms with Gasteiger partial charge in [0.15, 0.2) is 11.3 Å². The molecule has 0 unspecified atom stereocenters. The zero-order valence-corrected chi connectivity index (χ0v) is 14.7. The van der Waals surface area contributed by atoms with Gasteiger partial charge in [-0.05, 0) is 29.8 Å². The summed E-state index contributed by atoms with van der Waals surface area (Å²) in [5, 5.41) is 3.76. The van der Waals surface area contributed by atoms with Crippen molar-refractivity contribution in [3.8, 4) is 5.75 Å². The van der Waals surface area contributed by atoms with Crippen molar-refractivity contribution < 1.29 is 13.9 Å². The van der Waals surface area contributed by atoms with Gasteiger partial charge in [-0.2, -0.15) is 0 Å². The van der Waals surface area contributed by atoms with Crippen LogP contribution in [0.5, 0.6) is 5.75 Å². The van der Waals surface area contributed by atoms with Crippen LogP contribution in [-0.4, -0.2) is 13.0 Å². The minimum atomic E-state index is -0.138. The van der Waals surface area contributed by atoms with Crippen molar-refractivity contribution >= 4 is 33.5 Å². The third-order valence-electron chi connectivity index (χ3n) is 4.37. The van der Waals surface area contributed by atoms with Crippen molar-refractivity contribution in [2.24, 2.45) is 0 Å². The Morgan fingerprint density at radius 2 is 1.81 bits per heavy atom. The number of carbonyl (C=O) groups is 1. The van der Waals surface area contributed by atoms with E-state index in [0.717, 1.165) is 5.56 Å². The summed E-state index contributed by atoms with van der Waals surface area (Å²) in [4.78, 5) is 25.0. The highest BCUT2D eigenvalue weighted by Crippen LogP contribution is 2.28. The second-order valence-electron chi connectivity index (χ2n) is 6.19. The first-order valence-corrected chi connectivity index (χ1v) is 8.53. The van der Waals surface area contributed by atoms with E-state index in [2.05, 4.69) is 5.32 Å². The predicted molar refractivity (Wildman–Crippen MR) is 105 cm³/mol. The lowest BCUT2D eigenvalue weighted by Gasteiger charge is -2.08. The molecular weight excluding hydrogens is 342 g/mol. The molecule has 0 atom stereocenters. The van der Waals surface area contributed by atoms with E-state index >= 15 is 0 Å². The summed E-state index contributed by atoms with van der Waals surface area (Å²) in [6.07, 6.45) is 0.272. The van der Waals surface area contributed by atoms with Crippen LogP contribution in [0.25, 0.3) is 21.9 Å². The Bertz CT molecular complexity index is 1200. The quantitative estimate of drug-likeness (QED) is 0.556. The lowest BCUT2D eigenvalue weighted by molar-refractivity contribution is -0.115. The Balaban J connectivity index is 1.70. The Labute approximate surface area is 155 Å². The number of nitrogens with one attached hydrogen (secondary N) is 1. The highest BCUT2D eigenvalue weighted by atomic mass is 16.5. The van der Waals surface area contributed by atoms with Crippen molar-refractivity contribution in [3.05, 3.63) is 82.5 Å². The van der Waals surface area contributed by atoms with Gasteiger partial charge < -0.3 is 14.5 Å². The fraction of sp³-hybridized carbons (Fsp3) is 0.0909. The monoisotopic (exact) mass is 359 g/mol. The van der Waals surface area contributed by atoms with Gasteiger partial charge in [0.25, 0.3) is 0 Å². The van der Waals surface area contributed by atoms with E-state index in [1.54, 1.807) is 36.4 Å². The number of methoxy groups -OCH3 is 1. The highest BCUT2D eigenvalue weighted by Gasteiger charge is 2.12. The van der Waals surface area contributed by atoms with Crippen LogP contribution in [-0.2, 0) is 11.2 Å². The Hall–Kier alpha value is -3.60. The lowest BCUT2D eigenvalue weighted by atomic mass is 10.1. The average molecular weight is 359 g/mol. The van der Waals surface area contributed by atoms with Gasteiger partial charge in [0.05, 0.1) is 24.3 Å². The number of amides is 1. The third kappa shape index (κ3) is 3.27. The molecule has 5 heteroatoms. The van der Waals surface area contributed by atoms with Crippen LogP contribution < -0.4 is 15.5 Å². The minimum Gasteiger partial charge on any atom is -0.493 e. The average Bonchev–Trinajstić information content (AvgIpc) is 2.68. The molecule has 1 N–H and O–H groups in total. The van der Waals surface area contributed by atoms with E-state index in [0.29, 0.717) is 33.4 Å². The first-order chi connectivity index (χ1) is 13.2. The zero-order valence-electron chi connectivity index (χ0n) is 14.7. The van der Waals surface area contributed by atoms with E-state index in [4.69, 9.17) is 9.15 Å². The topological polar surface area (TPSA) is 68.5 Å². The van der Waals surface area contributed by atoms with E-state index in [1.165, 1.54) is 7.11 Å². The number of benzene rings is 3. The summed E-state index contributed by atoms with van der Waals surface area (Å²) in [5.41, 5.74) is 2.16. The molecule has 4 aromatic rings. The zero-order chi connectivity index (χ0) is 18.8. The fourth-order valence-corrected chi connectivity index (χ4v) is 3.07. The highest BCUT2D eigenvalue weighted by molar-refractivity contribution is 5.97. The van der Waals surface area contributed by atoms with Gasteiger partial charge >= 0.3 is 0 Å². The maximum atomic E-state index is 12.7. The molecule has 3 aromatic carbocycles. The molecule has 27 heavy (non-hydrogen) atoms. The van der Waals surface area contributed by atoms with Gasteiger partial charge in [0.2, 0.25) is 11.3 Å². The van der Waals surface area contributed by atoms with Crippen molar-refractivity contribution in [2.45, 2.75) is 6.42 Å². The molecule has 4 rings (SSSR count). The number of carbonyl (C=O) groups excluding carboxylic acids is 1. The van der Waals surface area contributed by atoms with Gasteiger partial charge in [0.1, 0.15) is 5.58 Å². The third-order valence-corrected chi connectivity index (χ3v) is 4.37. The van der Waals surface area contributed by atoms with Crippen LogP contribution in [0.1, 0.15) is 5.56 Å². The number of fused-ring (bicyclic) bond motifs is 2. The smallest absolute Gasteiger partial charge is 0.228 e. The summed E-state index contributed by atoms with van der Waals surface area (Å²) in [7, 11) is 1.53. The predicted octanol–water partition coefficient (Wildman–Crippen LogP) is 4.14. The molecule has 5 nitrogen and oxygen atoms in total. The van der Waals surface area contributed by atoms with Gasteiger partial charge in [0, 0.05) is 11.8 Å². The lowest BCUT2D eigenvalue weighted by Crippen LogP contribution is -2.14. The number of anilines is 1. The maximum Gasteiger partial charge on any atom is 0.228 e. The number of rotatable bonds is 4. The van der Waals surface area contributed by atoms with Crippen molar-refractivity contribution in [1.82, 2.24) is 0 Å². The van der Waals surface area contributed by atoms with E-state index in [1.807, 2.05) is 30.3 Å². The van der Waals surface area contributed by atoms with Crippen LogP contribution in [0.3, 0.4) is 0 Å². The Morgan fingerprint density at radius 1 is 1.00 bits per heavy atom. The number of ether oxygens (including phenoxy) is 1. The first kappa shape index (κ1) is 16.8. The molecule has 1 heterocycles. The van der Waals surface area contributed by atoms with Gasteiger partial charge in [-0.25, -0.2) is 0 Å². The van der Waals surface area contributed by atoms with Crippen LogP contribution in [0.2, 0.25) is 0 Å². The first-order valence-electron chi connectivity index (χ1n) is 8.53. The summed E-state index contributed by atoms with van der Waals surface area (Å²) in [6, 6.07) is 19.7. The number of para-hydroxylation sites is 1. The molecule has 1 aromatic heterocycles. The molecule has 0 fully saturated rings. The molecule has 0 saturated carbocycles. The molecule has 0 saturated heterocycles. The summed E-state index contributed by atoms with van der Waals surface area (Å²) < 4.78 is 11.2. The molecule has 134 valence electrons. The molecule has 0 radical (unpaired) electrons. The van der Waals surface area contributed by atoms with Crippen molar-refractivity contribution in [1.29, 1.82) is 0 Å². The molecule has 0 spiro atoms. The number of hydrogen-bond donors (Lipinski definition) is 1. The van der Waals surface area contributed by atoms with Crippen LogP contribution in [0.4, 0.5) is 5.69 Å². The second kappa shape index (κ2) is 6.96. The summed E-state index contributed by atoms with van der Waals surface area (Å²) in [6.45, 7) is 0. The molecule has 0 bridgehead atoms. The molecule has 0 aliphatic carbocycles. The largest absolute Gasteiger partial charge is 0.493 e. The Morgan fingerprint density at radius 3 is 2.59 bits per heavy atom. The van der Waals surface area contributed by atoms with Crippen LogP contribution in [0, 0.1) is 0 Å². The van der Waals surface area contributed by atoms with Crippen LogP contribution >= 0.6 is 0 Å². The molecule has 0 aliphatic rings. The summed E-state index contributed by atoms with van der Waals surface area (Å²) >= 11 is 0. The van der Waals surface area contributed by atoms with Gasteiger partial charge in [-0.1, -0.05) is 36.4 Å². The minimum absolute atomic E-state index is 0.132. The molecule has 0 aliphatic heterocycles. The Kier molecular flexibility index (Phi) is 4.34. The molecule has 1 amide bonds. The van der Waals surface area contributed by atoms with E-state index < -0.39 is 0 Å². The number of hydrogen-bond acceptors (Lipinski definition) is 4. The van der Waals surface area contributed by atoms with Crippen molar-refractivity contribution in [2.75, 3.05) is 12.4 Å². The SMILES string of the molecule is COc1cccc2c(=O)c3ccc(NC(=O)Cc4ccccc4)cc3oc12. The normalized spacial score (nSPS) is 10.9. The molecular formula is C22H17NO4. The van der Waals surface area contributed by atoms with Gasteiger partial charge in [-0.3, -0.25) is 9.59 Å². The maximum absolute atomic E-state index is 12.7. The fourth-order valence-electron chi connectivity index (χ4n) is 3.07. The van der Waals surface area contributed by atoms with Crippen LogP contribution in [0.15, 0.2) is 75.9 Å². The standard InChI is InChI=1S/C22H17NO4/c1-26-18-9-5-8-17-21(25)16-11-10-15(13-19(16)27-22(17)18)23-20(24)12-14-6-3-2-4-7-14/h2-11,13H,12H2,1H3,(H,23,24). The van der Waals surface area contributed by atoms with E-state index in [9.17, 15) is 9.59 Å².